The average Bonchev–Trinajstić information content (AvgIpc) is 4.04. The van der Waals surface area contributed by atoms with Crippen LogP contribution in [0, 0.1) is 50.7 Å². The van der Waals surface area contributed by atoms with Crippen LogP contribution in [0.15, 0.2) is 0 Å². The molecule has 8 aliphatic rings. The molecule has 4 aliphatic heterocycles. The van der Waals surface area contributed by atoms with Crippen molar-refractivity contribution in [3.8, 4) is 0 Å². The van der Waals surface area contributed by atoms with Crippen molar-refractivity contribution in [1.29, 1.82) is 0 Å². The van der Waals surface area contributed by atoms with Crippen LogP contribution >= 0.6 is 0 Å². The molecule has 4 heterocycles. The summed E-state index contributed by atoms with van der Waals surface area (Å²) in [4.78, 5) is 0. The third-order valence-electron chi connectivity index (χ3n) is 21.2. The number of fused-ring (bicyclic) bond motifs is 5. The van der Waals surface area contributed by atoms with Gasteiger partial charge in [0.05, 0.1) is 50.3 Å². The molecule has 29 atom stereocenters. The number of aliphatic hydroxyl groups excluding tert-OH is 14. The van der Waals surface area contributed by atoms with Crippen molar-refractivity contribution in [2.24, 2.45) is 50.7 Å². The minimum Gasteiger partial charge on any atom is -0.394 e. The highest BCUT2D eigenvalue weighted by Crippen LogP contribution is 2.76. The topological polar surface area (TPSA) is 357 Å². The third-order valence-corrected chi connectivity index (χ3v) is 21.2. The number of ether oxygens (including phenoxy) is 8. The van der Waals surface area contributed by atoms with Gasteiger partial charge >= 0.3 is 0 Å². The predicted molar refractivity (Wildman–Crippen MR) is 269 cm³/mol. The normalized spacial score (nSPS) is 52.0. The van der Waals surface area contributed by atoms with E-state index in [9.17, 15) is 71.5 Å². The first-order chi connectivity index (χ1) is 35.9. The second-order valence-electron chi connectivity index (χ2n) is 27.2. The highest BCUT2D eigenvalue weighted by molar-refractivity contribution is 5.20. The molecule has 8 rings (SSSR count). The first kappa shape index (κ1) is 62.2. The van der Waals surface area contributed by atoms with E-state index in [1.54, 1.807) is 0 Å². The molecule has 14 N–H and O–H groups in total. The molecule has 4 saturated carbocycles. The van der Waals surface area contributed by atoms with Crippen LogP contribution in [0.1, 0.15) is 133 Å². The van der Waals surface area contributed by atoms with E-state index < -0.39 is 160 Å². The molecule has 77 heavy (non-hydrogen) atoms. The van der Waals surface area contributed by atoms with Gasteiger partial charge in [-0.15, -0.1) is 0 Å². The van der Waals surface area contributed by atoms with Gasteiger partial charge in [0.1, 0.15) is 85.5 Å². The maximum Gasteiger partial charge on any atom is 0.187 e. The molecule has 8 fully saturated rings. The summed E-state index contributed by atoms with van der Waals surface area (Å²) < 4.78 is 49.3. The van der Waals surface area contributed by atoms with E-state index in [4.69, 9.17) is 37.9 Å². The van der Waals surface area contributed by atoms with Crippen molar-refractivity contribution in [3.05, 3.63) is 0 Å². The van der Waals surface area contributed by atoms with Gasteiger partial charge in [0, 0.05) is 6.42 Å². The summed E-state index contributed by atoms with van der Waals surface area (Å²) in [6.45, 7) is 17.6. The Labute approximate surface area is 452 Å². The van der Waals surface area contributed by atoms with Crippen molar-refractivity contribution in [1.82, 2.24) is 0 Å². The van der Waals surface area contributed by atoms with Gasteiger partial charge in [-0.3, -0.25) is 0 Å². The fourth-order valence-corrected chi connectivity index (χ4v) is 16.6. The molecule has 4 saturated heterocycles. The van der Waals surface area contributed by atoms with Crippen LogP contribution in [0.3, 0.4) is 0 Å². The largest absolute Gasteiger partial charge is 0.394 e. The molecule has 0 aromatic carbocycles. The smallest absolute Gasteiger partial charge is 0.187 e. The zero-order valence-corrected chi connectivity index (χ0v) is 46.6. The quantitative estimate of drug-likeness (QED) is 0.0850. The molecular weight excluding hydrogens is 1010 g/mol. The Morgan fingerprint density at radius 3 is 1.68 bits per heavy atom. The Bertz CT molecular complexity index is 1940. The van der Waals surface area contributed by atoms with E-state index >= 15 is 0 Å². The molecule has 0 bridgehead atoms. The molecule has 0 spiro atoms. The summed E-state index contributed by atoms with van der Waals surface area (Å²) in [5, 5.41) is 152. The van der Waals surface area contributed by atoms with Gasteiger partial charge in [-0.05, 0) is 115 Å². The number of hydrogen-bond acceptors (Lipinski definition) is 22. The highest BCUT2D eigenvalue weighted by atomic mass is 16.8. The SMILES string of the molecule is CC(C)(C)CCC[C@](C)(OC1O[C@H](CO[C@H]2OC(CO)C(O)C[C@@H]2O)C(O)C(O)C1O)C1CC[C@]2(C)C1[C@H](O)CC1[C@@]3(C)CC[C@H](O[C@@H]4OC(CO)[C@@H](O)C(O)[C@@H]4OC4OC(CO)C(O)C(O)[C@@H]4O)C(C)(C)C3CC[C@]12C. The van der Waals surface area contributed by atoms with Crippen LogP contribution in [0.2, 0.25) is 0 Å². The fraction of sp³-hybridized carbons (Fsp3) is 1.00. The Balaban J connectivity index is 1.01. The van der Waals surface area contributed by atoms with Crippen molar-refractivity contribution >= 4 is 0 Å². The van der Waals surface area contributed by atoms with Gasteiger partial charge < -0.3 is 109 Å². The van der Waals surface area contributed by atoms with Crippen molar-refractivity contribution in [2.75, 3.05) is 26.4 Å². The first-order valence-corrected chi connectivity index (χ1v) is 28.4. The van der Waals surface area contributed by atoms with E-state index in [0.717, 1.165) is 32.1 Å². The van der Waals surface area contributed by atoms with Crippen LogP contribution in [0.25, 0.3) is 0 Å². The van der Waals surface area contributed by atoms with E-state index in [2.05, 4.69) is 55.4 Å². The maximum atomic E-state index is 12.9. The summed E-state index contributed by atoms with van der Waals surface area (Å²) in [6.07, 6.45) is -22.4. The van der Waals surface area contributed by atoms with E-state index in [0.29, 0.717) is 32.1 Å². The zero-order chi connectivity index (χ0) is 56.7. The standard InChI is InChI=1S/C55H96O22/c1-50(2,3)14-10-15-55(9,77-48-44(69)41(66)39(64)32(74-48)24-70-46-28(61)19-26(59)29(21-56)71-46)25-11-17-54(8)36(25)27(60)20-34-52(6)16-13-35(51(4,5)33(52)12-18-53(34,54)7)75-49-45(42(67)38(63)31(23-58)73-49)76-47-43(68)40(65)37(62)30(22-57)72-47/h25-49,56-69H,10-24H2,1-9H3/t25?,26?,27-,28+,29?,30?,31?,32-,33?,34?,35+,36?,37?,38-,39?,40?,41?,42?,43+,44?,45+,46+,47?,48?,49+,52+,53-,54-,55+/m1/s1. The lowest BCUT2D eigenvalue weighted by Crippen LogP contribution is -2.68. The molecule has 22 nitrogen and oxygen atoms in total. The van der Waals surface area contributed by atoms with E-state index in [1.807, 2.05) is 6.92 Å². The van der Waals surface area contributed by atoms with Gasteiger partial charge in [-0.2, -0.15) is 0 Å². The highest BCUT2D eigenvalue weighted by Gasteiger charge is 2.72. The monoisotopic (exact) mass is 1110 g/mol. The van der Waals surface area contributed by atoms with Crippen LogP contribution in [-0.4, -0.2) is 232 Å². The third kappa shape index (κ3) is 11.3. The number of aliphatic hydroxyl groups is 14. The van der Waals surface area contributed by atoms with Crippen molar-refractivity contribution < 1.29 is 109 Å². The summed E-state index contributed by atoms with van der Waals surface area (Å²) in [6, 6.07) is 0. The van der Waals surface area contributed by atoms with Gasteiger partial charge in [0.25, 0.3) is 0 Å². The number of hydrogen-bond donors (Lipinski definition) is 14. The predicted octanol–water partition coefficient (Wildman–Crippen LogP) is -0.703. The Kier molecular flexibility index (Phi) is 18.8. The van der Waals surface area contributed by atoms with Crippen molar-refractivity contribution in [3.63, 3.8) is 0 Å². The van der Waals surface area contributed by atoms with Crippen LogP contribution < -0.4 is 0 Å². The Hall–Kier alpha value is -0.880. The first-order valence-electron chi connectivity index (χ1n) is 28.4. The summed E-state index contributed by atoms with van der Waals surface area (Å²) in [5.41, 5.74) is -2.53. The minimum atomic E-state index is -1.81. The Morgan fingerprint density at radius 1 is 0.494 bits per heavy atom. The lowest BCUT2D eigenvalue weighted by molar-refractivity contribution is -0.378. The van der Waals surface area contributed by atoms with Crippen LogP contribution in [-0.2, 0) is 37.9 Å². The minimum absolute atomic E-state index is 0.0128. The molecule has 0 amide bonds. The van der Waals surface area contributed by atoms with Gasteiger partial charge in [0.15, 0.2) is 25.2 Å². The van der Waals surface area contributed by atoms with Gasteiger partial charge in [-0.25, -0.2) is 0 Å². The number of rotatable bonds is 16. The molecule has 22 heteroatoms. The lowest BCUT2D eigenvalue weighted by Gasteiger charge is -2.71. The van der Waals surface area contributed by atoms with E-state index in [1.165, 1.54) is 0 Å². The molecule has 0 radical (unpaired) electrons. The molecular formula is C55H96O22. The maximum absolute atomic E-state index is 12.9. The zero-order valence-electron chi connectivity index (χ0n) is 46.6. The van der Waals surface area contributed by atoms with Crippen LogP contribution in [0.5, 0.6) is 0 Å². The molecule has 448 valence electrons. The average molecular weight is 1110 g/mol. The summed E-state index contributed by atoms with van der Waals surface area (Å²) in [5.74, 6) is -0.348. The molecule has 0 aromatic rings. The molecule has 16 unspecified atom stereocenters. The summed E-state index contributed by atoms with van der Waals surface area (Å²) >= 11 is 0. The summed E-state index contributed by atoms with van der Waals surface area (Å²) in [7, 11) is 0. The fourth-order valence-electron chi connectivity index (χ4n) is 16.6. The van der Waals surface area contributed by atoms with Crippen molar-refractivity contribution in [2.45, 2.75) is 267 Å². The lowest BCUT2D eigenvalue weighted by atomic mass is 9.35. The molecule has 4 aliphatic carbocycles. The second kappa shape index (κ2) is 23.3. The Morgan fingerprint density at radius 2 is 1.05 bits per heavy atom. The van der Waals surface area contributed by atoms with Gasteiger partial charge in [-0.1, -0.05) is 61.8 Å². The van der Waals surface area contributed by atoms with Gasteiger partial charge in [0.2, 0.25) is 0 Å². The molecule has 0 aromatic heterocycles. The second-order valence-corrected chi connectivity index (χ2v) is 27.2. The van der Waals surface area contributed by atoms with Crippen LogP contribution in [0.4, 0.5) is 0 Å². The van der Waals surface area contributed by atoms with E-state index in [-0.39, 0.29) is 58.4 Å².